The molecular weight excluding hydrogens is 434 g/mol. The molecule has 2 aliphatic rings. The summed E-state index contributed by atoms with van der Waals surface area (Å²) in [5.41, 5.74) is 4.90. The van der Waals surface area contributed by atoms with Crippen molar-refractivity contribution in [2.45, 2.75) is 18.7 Å². The van der Waals surface area contributed by atoms with Crippen molar-refractivity contribution in [1.29, 1.82) is 0 Å². The number of rotatable bonds is 4. The van der Waals surface area contributed by atoms with Crippen LogP contribution < -0.4 is 15.1 Å². The number of nitrogens with one attached hydrogen (secondary N) is 1. The molecule has 1 spiro atoms. The second-order valence-corrected chi connectivity index (χ2v) is 9.42. The van der Waals surface area contributed by atoms with Crippen molar-refractivity contribution in [2.24, 2.45) is 0 Å². The Morgan fingerprint density at radius 3 is 2.45 bits per heavy atom. The van der Waals surface area contributed by atoms with E-state index in [0.717, 1.165) is 16.7 Å². The van der Waals surface area contributed by atoms with Crippen LogP contribution in [0.4, 0.5) is 17.1 Å². The van der Waals surface area contributed by atoms with Crippen LogP contribution in [0.25, 0.3) is 0 Å². The van der Waals surface area contributed by atoms with Crippen LogP contribution in [0.3, 0.4) is 0 Å². The normalized spacial score (nSPS) is 19.3. The van der Waals surface area contributed by atoms with Gasteiger partial charge in [0, 0.05) is 16.9 Å². The summed E-state index contributed by atoms with van der Waals surface area (Å²) in [6, 6.07) is 22.3. The third kappa shape index (κ3) is 3.40. The van der Waals surface area contributed by atoms with E-state index < -0.39 is 4.87 Å². The van der Waals surface area contributed by atoms with E-state index in [2.05, 4.69) is 5.32 Å². The average molecular weight is 458 g/mol. The SMILES string of the molecule is Cc1ccc(N2C(=O)CS[C@@]23C(=O)N(CC(=O)Nc2ccccc2)c2ccccc23)cc1C. The molecule has 1 saturated heterocycles. The number of aryl methyl sites for hydroxylation is 2. The number of para-hydroxylation sites is 2. The van der Waals surface area contributed by atoms with Crippen LogP contribution in [-0.2, 0) is 19.3 Å². The summed E-state index contributed by atoms with van der Waals surface area (Å²) in [6.45, 7) is 3.87. The molecule has 1 atom stereocenters. The van der Waals surface area contributed by atoms with Crippen LogP contribution in [0.15, 0.2) is 72.8 Å². The molecule has 2 aliphatic heterocycles. The molecule has 7 heteroatoms. The first-order valence-electron chi connectivity index (χ1n) is 10.7. The highest BCUT2D eigenvalue weighted by molar-refractivity contribution is 8.02. The summed E-state index contributed by atoms with van der Waals surface area (Å²) in [4.78, 5) is 41.8. The fourth-order valence-electron chi connectivity index (χ4n) is 4.44. The third-order valence-corrected chi connectivity index (χ3v) is 7.56. The Bertz CT molecular complexity index is 1280. The Morgan fingerprint density at radius 2 is 1.70 bits per heavy atom. The van der Waals surface area contributed by atoms with Crippen LogP contribution in [0.1, 0.15) is 16.7 Å². The fraction of sp³-hybridized carbons (Fsp3) is 0.192. The molecule has 5 rings (SSSR count). The molecule has 3 aromatic carbocycles. The second-order valence-electron chi connectivity index (χ2n) is 8.25. The molecule has 1 fully saturated rings. The zero-order valence-electron chi connectivity index (χ0n) is 18.4. The summed E-state index contributed by atoms with van der Waals surface area (Å²) < 4.78 is 0. The Kier molecular flexibility index (Phi) is 5.21. The molecule has 33 heavy (non-hydrogen) atoms. The number of fused-ring (bicyclic) bond motifs is 2. The van der Waals surface area contributed by atoms with Crippen molar-refractivity contribution in [1.82, 2.24) is 0 Å². The van der Waals surface area contributed by atoms with Crippen molar-refractivity contribution >= 4 is 46.5 Å². The monoisotopic (exact) mass is 457 g/mol. The van der Waals surface area contributed by atoms with Crippen molar-refractivity contribution in [3.63, 3.8) is 0 Å². The van der Waals surface area contributed by atoms with Gasteiger partial charge >= 0.3 is 0 Å². The molecule has 0 saturated carbocycles. The fourth-order valence-corrected chi connectivity index (χ4v) is 5.80. The van der Waals surface area contributed by atoms with Crippen molar-refractivity contribution in [2.75, 3.05) is 27.4 Å². The van der Waals surface area contributed by atoms with E-state index in [1.807, 2.05) is 74.5 Å². The van der Waals surface area contributed by atoms with Gasteiger partial charge in [-0.3, -0.25) is 24.2 Å². The van der Waals surface area contributed by atoms with Crippen molar-refractivity contribution in [3.8, 4) is 0 Å². The number of hydrogen-bond acceptors (Lipinski definition) is 4. The van der Waals surface area contributed by atoms with Gasteiger partial charge in [0.2, 0.25) is 16.7 Å². The lowest BCUT2D eigenvalue weighted by atomic mass is 10.0. The van der Waals surface area contributed by atoms with Gasteiger partial charge in [-0.05, 0) is 55.3 Å². The largest absolute Gasteiger partial charge is 0.325 e. The maximum atomic E-state index is 14.0. The van der Waals surface area contributed by atoms with Gasteiger partial charge in [0.25, 0.3) is 5.91 Å². The number of benzene rings is 3. The van der Waals surface area contributed by atoms with Crippen LogP contribution in [-0.4, -0.2) is 30.0 Å². The Morgan fingerprint density at radius 1 is 0.970 bits per heavy atom. The number of amides is 3. The average Bonchev–Trinajstić information content (AvgIpc) is 3.27. The predicted molar refractivity (Wildman–Crippen MR) is 131 cm³/mol. The number of carbonyl (C=O) groups is 3. The standard InChI is InChI=1S/C26H23N3O3S/c1-17-12-13-20(14-18(17)2)29-24(31)16-33-26(29)21-10-6-7-11-22(21)28(25(26)32)15-23(30)27-19-8-4-3-5-9-19/h3-14H,15-16H2,1-2H3,(H,27,30)/t26-/m0/s1. The van der Waals surface area contributed by atoms with Gasteiger partial charge in [-0.15, -0.1) is 11.8 Å². The minimum absolute atomic E-state index is 0.123. The number of hydrogen-bond donors (Lipinski definition) is 1. The number of carbonyl (C=O) groups excluding carboxylic acids is 3. The van der Waals surface area contributed by atoms with Crippen LogP contribution in [0, 0.1) is 13.8 Å². The number of anilines is 3. The zero-order valence-corrected chi connectivity index (χ0v) is 19.2. The quantitative estimate of drug-likeness (QED) is 0.637. The van der Waals surface area contributed by atoms with E-state index in [1.165, 1.54) is 16.7 Å². The van der Waals surface area contributed by atoms with E-state index in [-0.39, 0.29) is 30.0 Å². The Hall–Kier alpha value is -3.58. The van der Waals surface area contributed by atoms with Crippen molar-refractivity contribution in [3.05, 3.63) is 89.5 Å². The van der Waals surface area contributed by atoms with E-state index in [0.29, 0.717) is 17.1 Å². The van der Waals surface area contributed by atoms with Crippen LogP contribution in [0.2, 0.25) is 0 Å². The summed E-state index contributed by atoms with van der Waals surface area (Å²) in [6.07, 6.45) is 0. The van der Waals surface area contributed by atoms with Gasteiger partial charge in [-0.1, -0.05) is 42.5 Å². The van der Waals surface area contributed by atoms with Crippen LogP contribution >= 0.6 is 11.8 Å². The van der Waals surface area contributed by atoms with E-state index in [9.17, 15) is 14.4 Å². The molecule has 3 amide bonds. The maximum absolute atomic E-state index is 14.0. The molecule has 0 aliphatic carbocycles. The highest BCUT2D eigenvalue weighted by Gasteiger charge is 2.61. The topological polar surface area (TPSA) is 69.7 Å². The van der Waals surface area contributed by atoms with Gasteiger partial charge < -0.3 is 5.32 Å². The first-order chi connectivity index (χ1) is 15.9. The van der Waals surface area contributed by atoms with Gasteiger partial charge in [-0.2, -0.15) is 0 Å². The van der Waals surface area contributed by atoms with Gasteiger partial charge in [0.15, 0.2) is 0 Å². The highest BCUT2D eigenvalue weighted by atomic mass is 32.2. The van der Waals surface area contributed by atoms with E-state index >= 15 is 0 Å². The molecular formula is C26H23N3O3S. The van der Waals surface area contributed by atoms with E-state index in [4.69, 9.17) is 0 Å². The first-order valence-corrected chi connectivity index (χ1v) is 11.7. The molecule has 1 N–H and O–H groups in total. The molecule has 0 aromatic heterocycles. The lowest BCUT2D eigenvalue weighted by Gasteiger charge is -2.33. The Balaban J connectivity index is 1.54. The van der Waals surface area contributed by atoms with E-state index in [1.54, 1.807) is 17.0 Å². The minimum atomic E-state index is -1.22. The lowest BCUT2D eigenvalue weighted by molar-refractivity contribution is -0.124. The van der Waals surface area contributed by atoms with Gasteiger partial charge in [0.1, 0.15) is 6.54 Å². The molecule has 0 unspecified atom stereocenters. The lowest BCUT2D eigenvalue weighted by Crippen LogP contribution is -2.50. The predicted octanol–water partition coefficient (Wildman–Crippen LogP) is 4.22. The second kappa shape index (κ2) is 8.08. The number of nitrogens with zero attached hydrogens (tertiary/aromatic N) is 2. The summed E-state index contributed by atoms with van der Waals surface area (Å²) >= 11 is 1.31. The first kappa shape index (κ1) is 21.3. The smallest absolute Gasteiger partial charge is 0.269 e. The molecule has 166 valence electrons. The molecule has 6 nitrogen and oxygen atoms in total. The number of thioether (sulfide) groups is 1. The molecule has 3 aromatic rings. The highest BCUT2D eigenvalue weighted by Crippen LogP contribution is 2.55. The molecule has 0 radical (unpaired) electrons. The molecule has 0 bridgehead atoms. The minimum Gasteiger partial charge on any atom is -0.325 e. The molecule has 2 heterocycles. The maximum Gasteiger partial charge on any atom is 0.269 e. The van der Waals surface area contributed by atoms with Crippen LogP contribution in [0.5, 0.6) is 0 Å². The third-order valence-electron chi connectivity index (χ3n) is 6.17. The van der Waals surface area contributed by atoms with Gasteiger partial charge in [-0.25, -0.2) is 0 Å². The summed E-state index contributed by atoms with van der Waals surface area (Å²) in [5, 5.41) is 2.84. The Labute approximate surface area is 196 Å². The zero-order chi connectivity index (χ0) is 23.2. The van der Waals surface area contributed by atoms with Gasteiger partial charge in [0.05, 0.1) is 11.4 Å². The van der Waals surface area contributed by atoms with Crippen molar-refractivity contribution < 1.29 is 14.4 Å². The summed E-state index contributed by atoms with van der Waals surface area (Å²) in [5.74, 6) is -0.506. The summed E-state index contributed by atoms with van der Waals surface area (Å²) in [7, 11) is 0.